The van der Waals surface area contributed by atoms with Gasteiger partial charge >= 0.3 is 0 Å². The Morgan fingerprint density at radius 1 is 0.919 bits per heavy atom. The zero-order valence-corrected chi connectivity index (χ0v) is 24.0. The van der Waals surface area contributed by atoms with Gasteiger partial charge in [0.05, 0.1) is 10.0 Å². The zero-order valence-electron chi connectivity index (χ0n) is 20.9. The first-order valence-electron chi connectivity index (χ1n) is 12.2. The molecule has 3 aromatic rings. The Labute approximate surface area is 238 Å². The van der Waals surface area contributed by atoms with E-state index in [0.29, 0.717) is 27.2 Å². The maximum Gasteiger partial charge on any atom is 0.243 e. The number of hydrogen-bond donors (Lipinski definition) is 1. The lowest BCUT2D eigenvalue weighted by atomic mass is 10.0. The van der Waals surface area contributed by atoms with Gasteiger partial charge in [-0.25, -0.2) is 0 Å². The highest BCUT2D eigenvalue weighted by Crippen LogP contribution is 2.26. The first-order valence-corrected chi connectivity index (χ1v) is 14.3. The summed E-state index contributed by atoms with van der Waals surface area (Å²) in [5, 5.41) is 4.60. The van der Waals surface area contributed by atoms with Crippen LogP contribution in [-0.4, -0.2) is 34.6 Å². The molecule has 3 aromatic carbocycles. The molecule has 0 aromatic heterocycles. The second kappa shape index (κ2) is 14.7. The monoisotopic (exact) mass is 576 g/mol. The molecular weight excluding hydrogens is 547 g/mol. The number of thioether (sulfide) groups is 1. The van der Waals surface area contributed by atoms with E-state index in [1.165, 1.54) is 0 Å². The minimum Gasteiger partial charge on any atom is -0.352 e. The summed E-state index contributed by atoms with van der Waals surface area (Å²) in [6.45, 7) is 4.22. The molecule has 0 spiro atoms. The number of nitrogens with zero attached hydrogens (tertiary/aromatic N) is 1. The highest BCUT2D eigenvalue weighted by molar-refractivity contribution is 7.99. The summed E-state index contributed by atoms with van der Waals surface area (Å²) in [7, 11) is 0. The molecule has 3 rings (SSSR count). The molecule has 0 heterocycles. The van der Waals surface area contributed by atoms with Crippen LogP contribution in [0.4, 0.5) is 0 Å². The lowest BCUT2D eigenvalue weighted by Gasteiger charge is -2.32. The lowest BCUT2D eigenvalue weighted by molar-refractivity contribution is -0.141. The fraction of sp³-hybridized carbons (Fsp3) is 0.310. The van der Waals surface area contributed by atoms with Crippen molar-refractivity contribution in [2.24, 2.45) is 0 Å². The fourth-order valence-electron chi connectivity index (χ4n) is 3.76. The Morgan fingerprint density at radius 2 is 1.62 bits per heavy atom. The number of carbonyl (C=O) groups excluding carboxylic acids is 2. The summed E-state index contributed by atoms with van der Waals surface area (Å²) in [6.07, 6.45) is 1.47. The Morgan fingerprint density at radius 3 is 2.27 bits per heavy atom. The third-order valence-electron chi connectivity index (χ3n) is 6.01. The molecule has 2 amide bonds. The highest BCUT2D eigenvalue weighted by atomic mass is 35.5. The molecule has 0 aliphatic heterocycles. The molecular formula is C29H31Cl3N2O2S. The third kappa shape index (κ3) is 9.26. The van der Waals surface area contributed by atoms with Gasteiger partial charge in [0.1, 0.15) is 6.04 Å². The van der Waals surface area contributed by atoms with E-state index in [9.17, 15) is 9.59 Å². The highest BCUT2D eigenvalue weighted by Gasteiger charge is 2.30. The van der Waals surface area contributed by atoms with Crippen LogP contribution in [0.2, 0.25) is 15.1 Å². The van der Waals surface area contributed by atoms with Gasteiger partial charge in [-0.05, 0) is 60.9 Å². The molecule has 196 valence electrons. The van der Waals surface area contributed by atoms with Crippen LogP contribution in [-0.2, 0) is 22.6 Å². The van der Waals surface area contributed by atoms with Gasteiger partial charge in [-0.2, -0.15) is 0 Å². The average Bonchev–Trinajstić information content (AvgIpc) is 2.89. The van der Waals surface area contributed by atoms with Crippen molar-refractivity contribution >= 4 is 58.4 Å². The molecule has 0 bridgehead atoms. The van der Waals surface area contributed by atoms with Crippen LogP contribution in [0.25, 0.3) is 0 Å². The molecule has 37 heavy (non-hydrogen) atoms. The molecule has 0 saturated heterocycles. The normalized spacial score (nSPS) is 12.6. The van der Waals surface area contributed by atoms with Gasteiger partial charge in [0, 0.05) is 41.1 Å². The van der Waals surface area contributed by atoms with Crippen LogP contribution in [0.3, 0.4) is 0 Å². The average molecular weight is 578 g/mol. The SMILES string of the molecule is CCC(C)NC(=O)C(Cc1ccccc1)N(Cc1ccc(Cl)c(Cl)c1)C(=O)CCSc1ccc(Cl)cc1. The van der Waals surface area contributed by atoms with Gasteiger partial charge < -0.3 is 10.2 Å². The maximum atomic E-state index is 13.7. The number of carbonyl (C=O) groups is 2. The number of amides is 2. The molecule has 2 unspecified atom stereocenters. The number of halogens is 3. The Bertz CT molecular complexity index is 1180. The van der Waals surface area contributed by atoms with E-state index < -0.39 is 6.04 Å². The molecule has 0 aliphatic rings. The van der Waals surface area contributed by atoms with Gasteiger partial charge in [-0.15, -0.1) is 11.8 Å². The van der Waals surface area contributed by atoms with Crippen LogP contribution in [0, 0.1) is 0 Å². The summed E-state index contributed by atoms with van der Waals surface area (Å²) in [6, 6.07) is 21.9. The van der Waals surface area contributed by atoms with Crippen molar-refractivity contribution in [2.45, 2.75) is 56.6 Å². The van der Waals surface area contributed by atoms with E-state index in [-0.39, 0.29) is 30.8 Å². The molecule has 0 radical (unpaired) electrons. The molecule has 8 heteroatoms. The standard InChI is InChI=1S/C29H31Cl3N2O2S/c1-3-20(2)33-29(36)27(18-21-7-5-4-6-8-21)34(19-22-9-14-25(31)26(32)17-22)28(35)15-16-37-24-12-10-23(30)11-13-24/h4-14,17,20,27H,3,15-16,18-19H2,1-2H3,(H,33,36). The number of rotatable bonds is 12. The summed E-state index contributed by atoms with van der Waals surface area (Å²) < 4.78 is 0. The lowest BCUT2D eigenvalue weighted by Crippen LogP contribution is -2.52. The molecule has 0 fully saturated rings. The smallest absolute Gasteiger partial charge is 0.243 e. The minimum absolute atomic E-state index is 0.00633. The van der Waals surface area contributed by atoms with Crippen LogP contribution in [0.1, 0.15) is 37.8 Å². The maximum absolute atomic E-state index is 13.7. The fourth-order valence-corrected chi connectivity index (χ4v) is 5.05. The molecule has 0 aliphatic carbocycles. The Hall–Kier alpha value is -2.18. The predicted octanol–water partition coefficient (Wildman–Crippen LogP) is 7.68. The van der Waals surface area contributed by atoms with Gasteiger partial charge in [0.15, 0.2) is 0 Å². The zero-order chi connectivity index (χ0) is 26.8. The Kier molecular flexibility index (Phi) is 11.7. The predicted molar refractivity (Wildman–Crippen MR) is 156 cm³/mol. The minimum atomic E-state index is -0.682. The van der Waals surface area contributed by atoms with Crippen molar-refractivity contribution < 1.29 is 9.59 Å². The first-order chi connectivity index (χ1) is 17.8. The van der Waals surface area contributed by atoms with E-state index in [0.717, 1.165) is 22.4 Å². The van der Waals surface area contributed by atoms with Crippen LogP contribution in [0.15, 0.2) is 77.7 Å². The van der Waals surface area contributed by atoms with Crippen molar-refractivity contribution in [3.8, 4) is 0 Å². The molecule has 0 saturated carbocycles. The van der Waals surface area contributed by atoms with Crippen LogP contribution >= 0.6 is 46.6 Å². The van der Waals surface area contributed by atoms with Crippen molar-refractivity contribution in [2.75, 3.05) is 5.75 Å². The van der Waals surface area contributed by atoms with Gasteiger partial charge in [0.2, 0.25) is 11.8 Å². The van der Waals surface area contributed by atoms with E-state index in [1.807, 2.05) is 74.5 Å². The van der Waals surface area contributed by atoms with Crippen molar-refractivity contribution in [1.82, 2.24) is 10.2 Å². The van der Waals surface area contributed by atoms with E-state index in [1.54, 1.807) is 28.8 Å². The summed E-state index contributed by atoms with van der Waals surface area (Å²) in [5.74, 6) is 0.299. The van der Waals surface area contributed by atoms with Gasteiger partial charge in [-0.3, -0.25) is 9.59 Å². The van der Waals surface area contributed by atoms with Crippen LogP contribution < -0.4 is 5.32 Å². The molecule has 4 nitrogen and oxygen atoms in total. The quantitative estimate of drug-likeness (QED) is 0.225. The Balaban J connectivity index is 1.87. The number of hydrogen-bond acceptors (Lipinski definition) is 3. The molecule has 2 atom stereocenters. The van der Waals surface area contributed by atoms with Gasteiger partial charge in [0.25, 0.3) is 0 Å². The van der Waals surface area contributed by atoms with Gasteiger partial charge in [-0.1, -0.05) is 78.1 Å². The molecule has 1 N–H and O–H groups in total. The summed E-state index contributed by atoms with van der Waals surface area (Å²) in [5.41, 5.74) is 1.79. The first kappa shape index (κ1) is 29.4. The van der Waals surface area contributed by atoms with Crippen molar-refractivity contribution in [1.29, 1.82) is 0 Å². The number of nitrogens with one attached hydrogen (secondary N) is 1. The second-order valence-electron chi connectivity index (χ2n) is 8.85. The topological polar surface area (TPSA) is 49.4 Å². The number of benzene rings is 3. The van der Waals surface area contributed by atoms with E-state index in [4.69, 9.17) is 34.8 Å². The van der Waals surface area contributed by atoms with E-state index >= 15 is 0 Å². The summed E-state index contributed by atoms with van der Waals surface area (Å²) >= 11 is 20.0. The van der Waals surface area contributed by atoms with Crippen molar-refractivity contribution in [3.05, 3.63) is 99.0 Å². The largest absolute Gasteiger partial charge is 0.352 e. The third-order valence-corrected chi connectivity index (χ3v) is 8.01. The van der Waals surface area contributed by atoms with Crippen LogP contribution in [0.5, 0.6) is 0 Å². The summed E-state index contributed by atoms with van der Waals surface area (Å²) in [4.78, 5) is 29.9. The second-order valence-corrected chi connectivity index (χ2v) is 11.3. The van der Waals surface area contributed by atoms with E-state index in [2.05, 4.69) is 5.32 Å². The van der Waals surface area contributed by atoms with Crippen molar-refractivity contribution in [3.63, 3.8) is 0 Å².